The Labute approximate surface area is 118 Å². The van der Waals surface area contributed by atoms with Crippen LogP contribution in [-0.2, 0) is 9.59 Å². The van der Waals surface area contributed by atoms with Gasteiger partial charge in [-0.2, -0.15) is 11.8 Å². The normalized spacial score (nSPS) is 35.0. The highest BCUT2D eigenvalue weighted by Gasteiger charge is 2.34. The molecule has 5 heteroatoms. The van der Waals surface area contributed by atoms with Crippen LogP contribution in [0.4, 0.5) is 0 Å². The number of aliphatic carboxylic acids is 1. The lowest BCUT2D eigenvalue weighted by Gasteiger charge is -2.28. The van der Waals surface area contributed by atoms with Crippen molar-refractivity contribution in [3.63, 3.8) is 0 Å². The molecule has 4 nitrogen and oxygen atoms in total. The number of carboxylic acid groups (broad SMARTS) is 1. The summed E-state index contributed by atoms with van der Waals surface area (Å²) in [7, 11) is 0. The van der Waals surface area contributed by atoms with E-state index in [2.05, 4.69) is 11.6 Å². The predicted molar refractivity (Wildman–Crippen MR) is 76.2 cm³/mol. The maximum atomic E-state index is 12.3. The van der Waals surface area contributed by atoms with Gasteiger partial charge in [-0.1, -0.05) is 12.8 Å². The van der Waals surface area contributed by atoms with E-state index < -0.39 is 5.97 Å². The quantitative estimate of drug-likeness (QED) is 0.831. The molecular weight excluding hydrogens is 262 g/mol. The van der Waals surface area contributed by atoms with Crippen molar-refractivity contribution in [2.45, 2.75) is 56.2 Å². The first-order valence-corrected chi connectivity index (χ1v) is 8.46. The van der Waals surface area contributed by atoms with Gasteiger partial charge in [-0.3, -0.25) is 9.59 Å². The molecule has 2 aliphatic carbocycles. The van der Waals surface area contributed by atoms with Crippen LogP contribution in [0, 0.1) is 11.8 Å². The van der Waals surface area contributed by atoms with Crippen molar-refractivity contribution >= 4 is 23.6 Å². The summed E-state index contributed by atoms with van der Waals surface area (Å²) in [6.07, 6.45) is 8.43. The minimum absolute atomic E-state index is 0.0805. The summed E-state index contributed by atoms with van der Waals surface area (Å²) in [5.41, 5.74) is 0. The first-order valence-electron chi connectivity index (χ1n) is 7.17. The molecule has 19 heavy (non-hydrogen) atoms. The summed E-state index contributed by atoms with van der Waals surface area (Å²) in [4.78, 5) is 23.3. The molecule has 1 amide bonds. The summed E-state index contributed by atoms with van der Waals surface area (Å²) in [6, 6.07) is 0.285. The Balaban J connectivity index is 1.87. The molecular formula is C14H23NO3S. The number of amides is 1. The molecule has 0 radical (unpaired) electrons. The van der Waals surface area contributed by atoms with Crippen LogP contribution in [0.1, 0.15) is 44.9 Å². The largest absolute Gasteiger partial charge is 0.481 e. The molecule has 2 rings (SSSR count). The highest BCUT2D eigenvalue weighted by molar-refractivity contribution is 7.99. The molecule has 0 aromatic heterocycles. The van der Waals surface area contributed by atoms with Crippen molar-refractivity contribution in [2.75, 3.05) is 6.26 Å². The zero-order valence-corrected chi connectivity index (χ0v) is 12.2. The molecule has 0 aliphatic heterocycles. The zero-order chi connectivity index (χ0) is 13.8. The summed E-state index contributed by atoms with van der Waals surface area (Å²) < 4.78 is 0. The van der Waals surface area contributed by atoms with Crippen molar-refractivity contribution in [2.24, 2.45) is 11.8 Å². The Kier molecular flexibility index (Phi) is 5.13. The second-order valence-electron chi connectivity index (χ2n) is 5.72. The van der Waals surface area contributed by atoms with Crippen molar-refractivity contribution in [3.05, 3.63) is 0 Å². The van der Waals surface area contributed by atoms with Crippen molar-refractivity contribution < 1.29 is 14.7 Å². The highest BCUT2D eigenvalue weighted by atomic mass is 32.2. The lowest BCUT2D eigenvalue weighted by atomic mass is 9.81. The van der Waals surface area contributed by atoms with Gasteiger partial charge in [0.1, 0.15) is 0 Å². The molecule has 0 heterocycles. The molecule has 2 N–H and O–H groups in total. The molecule has 2 fully saturated rings. The van der Waals surface area contributed by atoms with Crippen molar-refractivity contribution in [1.29, 1.82) is 0 Å². The molecule has 108 valence electrons. The smallest absolute Gasteiger partial charge is 0.306 e. The van der Waals surface area contributed by atoms with E-state index in [0.29, 0.717) is 11.7 Å². The number of hydrogen-bond donors (Lipinski definition) is 2. The fourth-order valence-corrected chi connectivity index (χ4v) is 4.26. The minimum atomic E-state index is -0.750. The summed E-state index contributed by atoms with van der Waals surface area (Å²) in [6.45, 7) is 0. The number of thioether (sulfide) groups is 1. The average molecular weight is 285 g/mol. The number of carbonyl (C=O) groups is 2. The number of hydrogen-bond acceptors (Lipinski definition) is 3. The molecule has 0 spiro atoms. The summed E-state index contributed by atoms with van der Waals surface area (Å²) in [5.74, 6) is -1.10. The lowest BCUT2D eigenvalue weighted by molar-refractivity contribution is -0.144. The van der Waals surface area contributed by atoms with E-state index in [0.717, 1.165) is 25.7 Å². The van der Waals surface area contributed by atoms with Gasteiger partial charge in [-0.25, -0.2) is 0 Å². The Hall–Kier alpha value is -0.710. The van der Waals surface area contributed by atoms with Crippen LogP contribution >= 0.6 is 11.8 Å². The third kappa shape index (κ3) is 3.65. The van der Waals surface area contributed by atoms with E-state index in [-0.39, 0.29) is 23.8 Å². The number of rotatable bonds is 4. The van der Waals surface area contributed by atoms with Gasteiger partial charge in [0.25, 0.3) is 0 Å². The molecule has 2 aliphatic rings. The Morgan fingerprint density at radius 3 is 2.47 bits per heavy atom. The van der Waals surface area contributed by atoms with Crippen molar-refractivity contribution in [1.82, 2.24) is 5.32 Å². The van der Waals surface area contributed by atoms with Gasteiger partial charge in [-0.05, 0) is 38.4 Å². The second-order valence-corrected chi connectivity index (χ2v) is 6.80. The van der Waals surface area contributed by atoms with E-state index in [1.807, 2.05) is 11.8 Å². The van der Waals surface area contributed by atoms with Gasteiger partial charge < -0.3 is 10.4 Å². The van der Waals surface area contributed by atoms with E-state index in [4.69, 9.17) is 5.11 Å². The first kappa shape index (κ1) is 14.7. The van der Waals surface area contributed by atoms with Gasteiger partial charge in [0, 0.05) is 17.2 Å². The van der Waals surface area contributed by atoms with E-state index >= 15 is 0 Å². The monoisotopic (exact) mass is 285 g/mol. The van der Waals surface area contributed by atoms with Gasteiger partial charge >= 0.3 is 5.97 Å². The van der Waals surface area contributed by atoms with Crippen LogP contribution in [-0.4, -0.2) is 34.5 Å². The second kappa shape index (κ2) is 6.64. The molecule has 0 aromatic rings. The molecule has 4 unspecified atom stereocenters. The molecule has 0 aromatic carbocycles. The molecule has 4 atom stereocenters. The van der Waals surface area contributed by atoms with Gasteiger partial charge in [0.15, 0.2) is 0 Å². The maximum Gasteiger partial charge on any atom is 0.306 e. The van der Waals surface area contributed by atoms with Crippen LogP contribution in [0.15, 0.2) is 0 Å². The number of carboxylic acids is 1. The SMILES string of the molecule is CSC1CCCC1NC(=O)C1CCCC(C(=O)O)C1. The van der Waals surface area contributed by atoms with Crippen LogP contribution in [0.2, 0.25) is 0 Å². The fraction of sp³-hybridized carbons (Fsp3) is 0.857. The average Bonchev–Trinajstić information content (AvgIpc) is 2.86. The third-order valence-corrected chi connectivity index (χ3v) is 5.65. The van der Waals surface area contributed by atoms with E-state index in [9.17, 15) is 9.59 Å². The fourth-order valence-electron chi connectivity index (χ4n) is 3.33. The van der Waals surface area contributed by atoms with E-state index in [1.165, 1.54) is 12.8 Å². The molecule has 2 saturated carbocycles. The van der Waals surface area contributed by atoms with Crippen LogP contribution in [0.5, 0.6) is 0 Å². The molecule has 0 saturated heterocycles. The first-order chi connectivity index (χ1) is 9.11. The van der Waals surface area contributed by atoms with Gasteiger partial charge in [0.2, 0.25) is 5.91 Å². The Morgan fingerprint density at radius 1 is 1.11 bits per heavy atom. The zero-order valence-electron chi connectivity index (χ0n) is 11.4. The third-order valence-electron chi connectivity index (χ3n) is 4.48. The number of nitrogens with one attached hydrogen (secondary N) is 1. The predicted octanol–water partition coefficient (Wildman–Crippen LogP) is 2.28. The van der Waals surface area contributed by atoms with Crippen molar-refractivity contribution in [3.8, 4) is 0 Å². The maximum absolute atomic E-state index is 12.3. The van der Waals surface area contributed by atoms with E-state index in [1.54, 1.807) is 0 Å². The summed E-state index contributed by atoms with van der Waals surface area (Å²) >= 11 is 1.83. The van der Waals surface area contributed by atoms with Crippen LogP contribution in [0.3, 0.4) is 0 Å². The Morgan fingerprint density at radius 2 is 1.79 bits per heavy atom. The highest BCUT2D eigenvalue weighted by Crippen LogP contribution is 2.32. The minimum Gasteiger partial charge on any atom is -0.481 e. The van der Waals surface area contributed by atoms with Gasteiger partial charge in [-0.15, -0.1) is 0 Å². The van der Waals surface area contributed by atoms with Crippen LogP contribution < -0.4 is 5.32 Å². The Bertz CT molecular complexity index is 348. The topological polar surface area (TPSA) is 66.4 Å². The molecule has 0 bridgehead atoms. The van der Waals surface area contributed by atoms with Crippen LogP contribution in [0.25, 0.3) is 0 Å². The lowest BCUT2D eigenvalue weighted by Crippen LogP contribution is -2.43. The summed E-state index contributed by atoms with van der Waals surface area (Å²) in [5, 5.41) is 12.8. The standard InChI is InChI=1S/C14H23NO3S/c1-19-12-7-3-6-11(12)15-13(16)9-4-2-5-10(8-9)14(17)18/h9-12H,2-8H2,1H3,(H,15,16)(H,17,18). The number of carbonyl (C=O) groups excluding carboxylic acids is 1. The van der Waals surface area contributed by atoms with Gasteiger partial charge in [0.05, 0.1) is 5.92 Å².